The van der Waals surface area contributed by atoms with E-state index in [-0.39, 0.29) is 10.7 Å². The summed E-state index contributed by atoms with van der Waals surface area (Å²) in [5.41, 5.74) is 1.03. The van der Waals surface area contributed by atoms with Gasteiger partial charge in [-0.1, -0.05) is 30.3 Å². The molecule has 0 aromatic heterocycles. The summed E-state index contributed by atoms with van der Waals surface area (Å²) in [6, 6.07) is 18.6. The van der Waals surface area contributed by atoms with Gasteiger partial charge >= 0.3 is 0 Å². The number of hydrogen-bond donors (Lipinski definition) is 1. The number of ether oxygens (including phenoxy) is 1. The van der Waals surface area contributed by atoms with Gasteiger partial charge in [0.25, 0.3) is 0 Å². The second-order valence-corrected chi connectivity index (χ2v) is 8.96. The molecule has 5 heteroatoms. The van der Waals surface area contributed by atoms with Crippen LogP contribution in [0.4, 0.5) is 0 Å². The van der Waals surface area contributed by atoms with Gasteiger partial charge in [0.2, 0.25) is 5.91 Å². The summed E-state index contributed by atoms with van der Waals surface area (Å²) < 4.78 is 5.54. The lowest BCUT2D eigenvalue weighted by molar-refractivity contribution is -0.116. The van der Waals surface area contributed by atoms with Crippen LogP contribution in [0.15, 0.2) is 70.5 Å². The molecule has 142 valence electrons. The fourth-order valence-corrected chi connectivity index (χ4v) is 4.71. The first-order chi connectivity index (χ1) is 13.2. The van der Waals surface area contributed by atoms with Gasteiger partial charge in [0, 0.05) is 40.4 Å². The monoisotopic (exact) mass is 399 g/mol. The van der Waals surface area contributed by atoms with Crippen LogP contribution in [0.25, 0.3) is 6.08 Å². The van der Waals surface area contributed by atoms with Gasteiger partial charge in [0.1, 0.15) is 0 Å². The molecular formula is C22H25NO2S2. The Hall–Kier alpha value is -1.69. The highest BCUT2D eigenvalue weighted by atomic mass is 32.2. The van der Waals surface area contributed by atoms with Crippen molar-refractivity contribution in [3.05, 3.63) is 66.2 Å². The van der Waals surface area contributed by atoms with Crippen LogP contribution in [-0.4, -0.2) is 36.7 Å². The van der Waals surface area contributed by atoms with Crippen molar-refractivity contribution in [2.75, 3.05) is 26.0 Å². The molecule has 1 amide bonds. The molecule has 2 aromatic rings. The van der Waals surface area contributed by atoms with Crippen LogP contribution in [0.5, 0.6) is 0 Å². The van der Waals surface area contributed by atoms with E-state index in [2.05, 4.69) is 48.0 Å². The van der Waals surface area contributed by atoms with Gasteiger partial charge in [0.05, 0.1) is 0 Å². The maximum absolute atomic E-state index is 12.3. The number of carbonyl (C=O) groups excluding carboxylic acids is 1. The normalized spacial score (nSPS) is 16.3. The molecule has 0 bridgehead atoms. The predicted molar refractivity (Wildman–Crippen MR) is 115 cm³/mol. The van der Waals surface area contributed by atoms with Crippen LogP contribution in [0, 0.1) is 0 Å². The van der Waals surface area contributed by atoms with Gasteiger partial charge in [-0.05, 0) is 55.0 Å². The van der Waals surface area contributed by atoms with Gasteiger partial charge in [-0.15, -0.1) is 23.5 Å². The average Bonchev–Trinajstić information content (AvgIpc) is 2.72. The lowest BCUT2D eigenvalue weighted by atomic mass is 9.99. The molecule has 1 N–H and O–H groups in total. The van der Waals surface area contributed by atoms with Gasteiger partial charge in [-0.2, -0.15) is 0 Å². The molecular weight excluding hydrogens is 374 g/mol. The second-order valence-electron chi connectivity index (χ2n) is 6.53. The summed E-state index contributed by atoms with van der Waals surface area (Å²) in [5, 5.41) is 3.10. The van der Waals surface area contributed by atoms with Gasteiger partial charge in [0.15, 0.2) is 0 Å². The topological polar surface area (TPSA) is 38.3 Å². The van der Waals surface area contributed by atoms with Crippen LogP contribution in [-0.2, 0) is 9.53 Å². The molecule has 0 unspecified atom stereocenters. The van der Waals surface area contributed by atoms with E-state index in [0.29, 0.717) is 6.54 Å². The highest BCUT2D eigenvalue weighted by Gasteiger charge is 2.34. The first-order valence-electron chi connectivity index (χ1n) is 9.11. The van der Waals surface area contributed by atoms with Crippen LogP contribution >= 0.6 is 23.5 Å². The first kappa shape index (κ1) is 20.1. The van der Waals surface area contributed by atoms with Crippen LogP contribution in [0.1, 0.15) is 18.4 Å². The van der Waals surface area contributed by atoms with Crippen molar-refractivity contribution < 1.29 is 9.53 Å². The Bertz CT molecular complexity index is 754. The predicted octanol–water partition coefficient (Wildman–Crippen LogP) is 4.88. The Labute approximate surface area is 170 Å². The summed E-state index contributed by atoms with van der Waals surface area (Å²) in [7, 11) is 0. The fraction of sp³-hybridized carbons (Fsp3) is 0.318. The zero-order valence-electron chi connectivity index (χ0n) is 15.5. The number of nitrogens with one attached hydrogen (secondary N) is 1. The summed E-state index contributed by atoms with van der Waals surface area (Å²) in [6.45, 7) is 2.13. The van der Waals surface area contributed by atoms with Crippen molar-refractivity contribution in [1.82, 2.24) is 5.32 Å². The minimum atomic E-state index is -0.0523. The summed E-state index contributed by atoms with van der Waals surface area (Å²) in [4.78, 5) is 14.8. The molecule has 3 rings (SSSR count). The average molecular weight is 400 g/mol. The molecule has 0 atom stereocenters. The second kappa shape index (κ2) is 10.0. The molecule has 1 saturated heterocycles. The van der Waals surface area contributed by atoms with Crippen molar-refractivity contribution in [1.29, 1.82) is 0 Å². The molecule has 0 saturated carbocycles. The van der Waals surface area contributed by atoms with Crippen LogP contribution in [0.3, 0.4) is 0 Å². The molecule has 27 heavy (non-hydrogen) atoms. The zero-order valence-corrected chi connectivity index (χ0v) is 17.2. The lowest BCUT2D eigenvalue weighted by Gasteiger charge is -2.36. The minimum absolute atomic E-state index is 0.0108. The number of rotatable bonds is 7. The molecule has 0 radical (unpaired) electrons. The lowest BCUT2D eigenvalue weighted by Crippen LogP contribution is -2.44. The van der Waals surface area contributed by atoms with E-state index in [1.54, 1.807) is 17.8 Å². The molecule has 3 nitrogen and oxygen atoms in total. The van der Waals surface area contributed by atoms with E-state index in [4.69, 9.17) is 4.74 Å². The van der Waals surface area contributed by atoms with Gasteiger partial charge < -0.3 is 10.1 Å². The smallest absolute Gasteiger partial charge is 0.244 e. The number of hydrogen-bond acceptors (Lipinski definition) is 4. The molecule has 1 heterocycles. The van der Waals surface area contributed by atoms with Crippen molar-refractivity contribution in [3.8, 4) is 0 Å². The van der Waals surface area contributed by atoms with E-state index < -0.39 is 0 Å². The summed E-state index contributed by atoms with van der Waals surface area (Å²) >= 11 is 3.56. The third kappa shape index (κ3) is 6.16. The third-order valence-electron chi connectivity index (χ3n) is 4.61. The maximum Gasteiger partial charge on any atom is 0.244 e. The minimum Gasteiger partial charge on any atom is -0.381 e. The molecule has 2 aromatic carbocycles. The van der Waals surface area contributed by atoms with Crippen molar-refractivity contribution >= 4 is 35.5 Å². The first-order valence-corrected chi connectivity index (χ1v) is 11.2. The summed E-state index contributed by atoms with van der Waals surface area (Å²) in [6.07, 6.45) is 7.41. The zero-order chi connectivity index (χ0) is 19.0. The number of thioether (sulfide) groups is 2. The molecule has 0 spiro atoms. The quantitative estimate of drug-likeness (QED) is 0.532. The Morgan fingerprint density at radius 1 is 1.07 bits per heavy atom. The highest BCUT2D eigenvalue weighted by Crippen LogP contribution is 2.40. The number of amides is 1. The Balaban J connectivity index is 1.59. The molecule has 1 aliphatic rings. The Morgan fingerprint density at radius 2 is 1.78 bits per heavy atom. The molecule has 0 aliphatic carbocycles. The number of carbonyl (C=O) groups is 1. The highest BCUT2D eigenvalue weighted by molar-refractivity contribution is 8.00. The Kier molecular flexibility index (Phi) is 7.44. The van der Waals surface area contributed by atoms with Crippen LogP contribution in [0.2, 0.25) is 0 Å². The van der Waals surface area contributed by atoms with Crippen molar-refractivity contribution in [2.24, 2.45) is 0 Å². The molecule has 1 aliphatic heterocycles. The number of benzene rings is 2. The van der Waals surface area contributed by atoms with Gasteiger partial charge in [-0.3, -0.25) is 4.79 Å². The third-order valence-corrected chi connectivity index (χ3v) is 6.85. The van der Waals surface area contributed by atoms with E-state index in [1.165, 1.54) is 9.79 Å². The van der Waals surface area contributed by atoms with E-state index in [0.717, 1.165) is 31.6 Å². The van der Waals surface area contributed by atoms with Crippen molar-refractivity contribution in [3.63, 3.8) is 0 Å². The maximum atomic E-state index is 12.3. The summed E-state index contributed by atoms with van der Waals surface area (Å²) in [5.74, 6) is -0.0523. The van der Waals surface area contributed by atoms with Gasteiger partial charge in [-0.25, -0.2) is 0 Å². The SMILES string of the molecule is CSc1ccc(C=CC(=O)NCC2(Sc3ccccc3)CCOCC2)cc1. The standard InChI is InChI=1S/C22H25NO2S2/c1-26-19-10-7-18(8-11-19)9-12-21(24)23-17-22(13-15-25-16-14-22)27-20-5-3-2-4-6-20/h2-12H,13-17H2,1H3,(H,23,24). The fourth-order valence-electron chi connectivity index (χ4n) is 2.99. The Morgan fingerprint density at radius 3 is 2.44 bits per heavy atom. The van der Waals surface area contributed by atoms with Crippen molar-refractivity contribution in [2.45, 2.75) is 27.4 Å². The molecule has 1 fully saturated rings. The van der Waals surface area contributed by atoms with E-state index in [9.17, 15) is 4.79 Å². The largest absolute Gasteiger partial charge is 0.381 e. The van der Waals surface area contributed by atoms with E-state index >= 15 is 0 Å². The van der Waals surface area contributed by atoms with Crippen LogP contribution < -0.4 is 5.32 Å². The van der Waals surface area contributed by atoms with E-state index in [1.807, 2.05) is 36.0 Å².